The highest BCUT2D eigenvalue weighted by Crippen LogP contribution is 2.33. The fourth-order valence-corrected chi connectivity index (χ4v) is 2.94. The lowest BCUT2D eigenvalue weighted by Crippen LogP contribution is -2.05. The second-order valence-corrected chi connectivity index (χ2v) is 5.79. The van der Waals surface area contributed by atoms with E-state index >= 15 is 0 Å². The van der Waals surface area contributed by atoms with Gasteiger partial charge in [0.2, 0.25) is 0 Å². The Balaban J connectivity index is 2.20. The first-order valence-corrected chi connectivity index (χ1v) is 7.96. The summed E-state index contributed by atoms with van der Waals surface area (Å²) in [5.41, 5.74) is 1.90. The first-order chi connectivity index (χ1) is 10.2. The van der Waals surface area contributed by atoms with E-state index in [0.29, 0.717) is 23.5 Å². The van der Waals surface area contributed by atoms with Crippen molar-refractivity contribution in [3.8, 4) is 0 Å². The maximum atomic E-state index is 14.3. The zero-order chi connectivity index (χ0) is 15.2. The molecule has 0 spiro atoms. The first kappa shape index (κ1) is 15.9. The summed E-state index contributed by atoms with van der Waals surface area (Å²) in [7, 11) is 0. The number of unbranched alkanes of at least 4 members (excludes halogenated alkanes) is 1. The summed E-state index contributed by atoms with van der Waals surface area (Å²) in [4.78, 5) is 0. The smallest absolute Gasteiger partial charge is 0.166 e. The molecule has 1 unspecified atom stereocenters. The number of hydrogen-bond donors (Lipinski definition) is 0. The van der Waals surface area contributed by atoms with E-state index in [9.17, 15) is 8.78 Å². The van der Waals surface area contributed by atoms with Crippen LogP contribution >= 0.6 is 0 Å². The van der Waals surface area contributed by atoms with Crippen LogP contribution in [0.3, 0.4) is 0 Å². The Morgan fingerprint density at radius 2 is 2.05 bits per heavy atom. The van der Waals surface area contributed by atoms with Crippen LogP contribution < -0.4 is 0 Å². The van der Waals surface area contributed by atoms with E-state index in [4.69, 9.17) is 0 Å². The standard InChI is InChI=1S/C19H24F2/c1-3-5-7-16-12-13-17(19(21)18(16)20)15-10-8-14(6-4-2)9-11-15/h4,6,10,12-14H,3,5,7-9,11H2,1-2H3/b6-4+. The van der Waals surface area contributed by atoms with Gasteiger partial charge in [-0.25, -0.2) is 8.78 Å². The van der Waals surface area contributed by atoms with Crippen LogP contribution in [-0.2, 0) is 6.42 Å². The van der Waals surface area contributed by atoms with Crippen LogP contribution in [0, 0.1) is 17.6 Å². The summed E-state index contributed by atoms with van der Waals surface area (Å²) in [6.07, 6.45) is 11.6. The van der Waals surface area contributed by atoms with Crippen LogP contribution in [-0.4, -0.2) is 0 Å². The first-order valence-electron chi connectivity index (χ1n) is 7.96. The van der Waals surface area contributed by atoms with E-state index in [0.717, 1.165) is 37.7 Å². The van der Waals surface area contributed by atoms with Crippen molar-refractivity contribution in [2.75, 3.05) is 0 Å². The van der Waals surface area contributed by atoms with Gasteiger partial charge in [0, 0.05) is 5.56 Å². The van der Waals surface area contributed by atoms with Crippen molar-refractivity contribution < 1.29 is 8.78 Å². The van der Waals surface area contributed by atoms with Crippen molar-refractivity contribution in [1.29, 1.82) is 0 Å². The summed E-state index contributed by atoms with van der Waals surface area (Å²) in [6.45, 7) is 4.07. The van der Waals surface area contributed by atoms with Crippen molar-refractivity contribution >= 4 is 5.57 Å². The Morgan fingerprint density at radius 1 is 1.24 bits per heavy atom. The average Bonchev–Trinajstić information content (AvgIpc) is 2.50. The molecule has 21 heavy (non-hydrogen) atoms. The number of aryl methyl sites for hydroxylation is 1. The maximum Gasteiger partial charge on any atom is 0.166 e. The molecular weight excluding hydrogens is 266 g/mol. The van der Waals surface area contributed by atoms with Crippen molar-refractivity contribution in [3.05, 3.63) is 53.1 Å². The predicted molar refractivity (Wildman–Crippen MR) is 85.1 cm³/mol. The van der Waals surface area contributed by atoms with Gasteiger partial charge < -0.3 is 0 Å². The Hall–Kier alpha value is -1.44. The van der Waals surface area contributed by atoms with Crippen molar-refractivity contribution in [1.82, 2.24) is 0 Å². The molecule has 0 amide bonds. The predicted octanol–water partition coefficient (Wildman–Crippen LogP) is 6.07. The lowest BCUT2D eigenvalue weighted by atomic mass is 9.86. The van der Waals surface area contributed by atoms with Gasteiger partial charge in [0.25, 0.3) is 0 Å². The summed E-state index contributed by atoms with van der Waals surface area (Å²) >= 11 is 0. The number of benzene rings is 1. The second kappa shape index (κ2) is 7.53. The lowest BCUT2D eigenvalue weighted by Gasteiger charge is -2.20. The molecule has 0 saturated carbocycles. The van der Waals surface area contributed by atoms with Crippen molar-refractivity contribution in [3.63, 3.8) is 0 Å². The van der Waals surface area contributed by atoms with Crippen molar-refractivity contribution in [2.45, 2.75) is 52.4 Å². The fraction of sp³-hybridized carbons (Fsp3) is 0.474. The highest BCUT2D eigenvalue weighted by Gasteiger charge is 2.19. The van der Waals surface area contributed by atoms with Gasteiger partial charge in [-0.05, 0) is 56.1 Å². The Bertz CT molecular complexity index is 541. The fourth-order valence-electron chi connectivity index (χ4n) is 2.94. The second-order valence-electron chi connectivity index (χ2n) is 5.79. The van der Waals surface area contributed by atoms with Gasteiger partial charge in [0.05, 0.1) is 0 Å². The molecule has 1 aliphatic rings. The minimum atomic E-state index is -0.667. The minimum Gasteiger partial charge on any atom is -0.203 e. The van der Waals surface area contributed by atoms with Gasteiger partial charge in [-0.3, -0.25) is 0 Å². The van der Waals surface area contributed by atoms with Gasteiger partial charge in [0.1, 0.15) is 0 Å². The van der Waals surface area contributed by atoms with E-state index in [-0.39, 0.29) is 0 Å². The Morgan fingerprint density at radius 3 is 2.67 bits per heavy atom. The molecule has 0 aliphatic heterocycles. The quantitative estimate of drug-likeness (QED) is 0.577. The third-order valence-corrected chi connectivity index (χ3v) is 4.22. The molecule has 0 radical (unpaired) electrons. The van der Waals surface area contributed by atoms with E-state index < -0.39 is 11.6 Å². The normalized spacial score (nSPS) is 19.0. The molecule has 2 rings (SSSR count). The highest BCUT2D eigenvalue weighted by molar-refractivity contribution is 5.67. The molecule has 2 heteroatoms. The number of hydrogen-bond acceptors (Lipinski definition) is 0. The Labute approximate surface area is 126 Å². The van der Waals surface area contributed by atoms with Crippen LogP contribution in [0.5, 0.6) is 0 Å². The van der Waals surface area contributed by atoms with Crippen LogP contribution in [0.4, 0.5) is 8.78 Å². The van der Waals surface area contributed by atoms with Crippen molar-refractivity contribution in [2.24, 2.45) is 5.92 Å². The zero-order valence-corrected chi connectivity index (χ0v) is 13.0. The monoisotopic (exact) mass is 290 g/mol. The van der Waals surface area contributed by atoms with E-state index in [2.05, 4.69) is 25.2 Å². The van der Waals surface area contributed by atoms with Gasteiger partial charge >= 0.3 is 0 Å². The molecule has 0 nitrogen and oxygen atoms in total. The molecule has 1 aromatic rings. The summed E-state index contributed by atoms with van der Waals surface area (Å²) in [5, 5.41) is 0. The zero-order valence-electron chi connectivity index (χ0n) is 13.0. The highest BCUT2D eigenvalue weighted by atomic mass is 19.2. The molecule has 1 atom stereocenters. The topological polar surface area (TPSA) is 0 Å². The molecule has 114 valence electrons. The maximum absolute atomic E-state index is 14.3. The molecule has 1 aromatic carbocycles. The number of rotatable bonds is 5. The van der Waals surface area contributed by atoms with Crippen LogP contribution in [0.1, 0.15) is 57.1 Å². The molecule has 0 aromatic heterocycles. The molecular formula is C19H24F2. The molecule has 0 fully saturated rings. The Kier molecular flexibility index (Phi) is 5.72. The van der Waals surface area contributed by atoms with E-state index in [1.807, 2.05) is 6.92 Å². The lowest BCUT2D eigenvalue weighted by molar-refractivity contribution is 0.493. The van der Waals surface area contributed by atoms with Gasteiger partial charge in [-0.2, -0.15) is 0 Å². The average molecular weight is 290 g/mol. The molecule has 1 aliphatic carbocycles. The van der Waals surface area contributed by atoms with Crippen LogP contribution in [0.25, 0.3) is 5.57 Å². The van der Waals surface area contributed by atoms with Gasteiger partial charge in [-0.15, -0.1) is 0 Å². The largest absolute Gasteiger partial charge is 0.203 e. The van der Waals surface area contributed by atoms with Crippen LogP contribution in [0.15, 0.2) is 30.4 Å². The van der Waals surface area contributed by atoms with Gasteiger partial charge in [-0.1, -0.05) is 43.7 Å². The van der Waals surface area contributed by atoms with Gasteiger partial charge in [0.15, 0.2) is 11.6 Å². The third kappa shape index (κ3) is 3.81. The summed E-state index contributed by atoms with van der Waals surface area (Å²) in [6, 6.07) is 3.51. The van der Waals surface area contributed by atoms with E-state index in [1.165, 1.54) is 0 Å². The third-order valence-electron chi connectivity index (χ3n) is 4.22. The minimum absolute atomic E-state index is 0.451. The summed E-state index contributed by atoms with van der Waals surface area (Å²) in [5.74, 6) is -0.785. The molecule has 0 N–H and O–H groups in total. The number of allylic oxidation sites excluding steroid dienone is 4. The SMILES string of the molecule is C/C=C/C1CC=C(c2ccc(CCCC)c(F)c2F)CC1. The molecule has 0 saturated heterocycles. The van der Waals surface area contributed by atoms with E-state index in [1.54, 1.807) is 12.1 Å². The van der Waals surface area contributed by atoms with Crippen LogP contribution in [0.2, 0.25) is 0 Å². The summed E-state index contributed by atoms with van der Waals surface area (Å²) < 4.78 is 28.4. The number of halogens is 2. The molecule has 0 bridgehead atoms. The molecule has 0 heterocycles.